The number of anilines is 1. The number of carboxylic acids is 1. The van der Waals surface area contributed by atoms with E-state index in [2.05, 4.69) is 27.2 Å². The van der Waals surface area contributed by atoms with E-state index in [-0.39, 0.29) is 6.42 Å². The molecule has 1 aliphatic rings. The van der Waals surface area contributed by atoms with Gasteiger partial charge in [0.15, 0.2) is 0 Å². The predicted octanol–water partition coefficient (Wildman–Crippen LogP) is 0.882. The van der Waals surface area contributed by atoms with Crippen molar-refractivity contribution in [3.05, 3.63) is 24.3 Å². The van der Waals surface area contributed by atoms with Crippen LogP contribution >= 0.6 is 0 Å². The van der Waals surface area contributed by atoms with Gasteiger partial charge in [-0.2, -0.15) is 0 Å². The van der Waals surface area contributed by atoms with Gasteiger partial charge in [-0.25, -0.2) is 0 Å². The normalized spacial score (nSPS) is 15.8. The number of rotatable bonds is 8. The average Bonchev–Trinajstić information content (AvgIpc) is 2.55. The van der Waals surface area contributed by atoms with Crippen LogP contribution in [0.1, 0.15) is 6.42 Å². The minimum absolute atomic E-state index is 0.186. The molecule has 0 amide bonds. The fraction of sp³-hybridized carbons (Fsp3) is 0.562. The van der Waals surface area contributed by atoms with Crippen LogP contribution in [-0.4, -0.2) is 68.9 Å². The number of aliphatic carboxylic acids is 1. The molecule has 122 valence electrons. The Labute approximate surface area is 131 Å². The third-order valence-electron chi connectivity index (χ3n) is 3.93. The predicted molar refractivity (Wildman–Crippen MR) is 86.8 cm³/mol. The highest BCUT2D eigenvalue weighted by Gasteiger charge is 2.16. The minimum atomic E-state index is -0.749. The number of ether oxygens (including phenoxy) is 1. The lowest BCUT2D eigenvalue weighted by Gasteiger charge is -2.36. The molecule has 1 fully saturated rings. The highest BCUT2D eigenvalue weighted by molar-refractivity contribution is 5.66. The zero-order chi connectivity index (χ0) is 15.8. The molecular formula is C16H25N3O3. The smallest absolute Gasteiger partial charge is 0.304 e. The molecule has 6 nitrogen and oxygen atoms in total. The van der Waals surface area contributed by atoms with Crippen molar-refractivity contribution in [2.24, 2.45) is 0 Å². The van der Waals surface area contributed by atoms with Crippen LogP contribution in [0.2, 0.25) is 0 Å². The Morgan fingerprint density at radius 1 is 1.18 bits per heavy atom. The lowest BCUT2D eigenvalue weighted by Crippen LogP contribution is -2.48. The number of methoxy groups -OCH3 is 1. The highest BCUT2D eigenvalue weighted by Crippen LogP contribution is 2.20. The molecule has 0 aromatic heterocycles. The molecule has 0 aliphatic carbocycles. The molecule has 22 heavy (non-hydrogen) atoms. The molecule has 0 spiro atoms. The van der Waals surface area contributed by atoms with Gasteiger partial charge >= 0.3 is 5.97 Å². The van der Waals surface area contributed by atoms with Crippen molar-refractivity contribution in [3.8, 4) is 5.75 Å². The van der Waals surface area contributed by atoms with Gasteiger partial charge in [0.25, 0.3) is 0 Å². The topological polar surface area (TPSA) is 65.0 Å². The summed E-state index contributed by atoms with van der Waals surface area (Å²) in [5.41, 5.74) is 1.24. The maximum atomic E-state index is 10.4. The summed E-state index contributed by atoms with van der Waals surface area (Å²) in [6.45, 7) is 6.45. The molecule has 2 rings (SSSR count). The number of hydrogen-bond donors (Lipinski definition) is 2. The van der Waals surface area contributed by atoms with Gasteiger partial charge in [0.1, 0.15) is 5.75 Å². The maximum Gasteiger partial charge on any atom is 0.304 e. The Hall–Kier alpha value is -1.79. The summed E-state index contributed by atoms with van der Waals surface area (Å²) in [5, 5.41) is 11.7. The minimum Gasteiger partial charge on any atom is -0.497 e. The molecular weight excluding hydrogens is 282 g/mol. The van der Waals surface area contributed by atoms with E-state index in [1.807, 2.05) is 12.1 Å². The largest absolute Gasteiger partial charge is 0.497 e. The lowest BCUT2D eigenvalue weighted by molar-refractivity contribution is -0.136. The molecule has 1 aromatic rings. The van der Waals surface area contributed by atoms with Crippen LogP contribution in [-0.2, 0) is 4.79 Å². The molecule has 2 N–H and O–H groups in total. The monoisotopic (exact) mass is 307 g/mol. The number of hydrogen-bond acceptors (Lipinski definition) is 5. The Morgan fingerprint density at radius 2 is 1.86 bits per heavy atom. The van der Waals surface area contributed by atoms with Crippen molar-refractivity contribution < 1.29 is 14.6 Å². The molecule has 0 bridgehead atoms. The van der Waals surface area contributed by atoms with E-state index in [0.717, 1.165) is 45.0 Å². The zero-order valence-corrected chi connectivity index (χ0v) is 13.1. The molecule has 1 aliphatic heterocycles. The van der Waals surface area contributed by atoms with Gasteiger partial charge in [0, 0.05) is 51.5 Å². The van der Waals surface area contributed by atoms with Gasteiger partial charge in [-0.3, -0.25) is 9.69 Å². The second-order valence-electron chi connectivity index (χ2n) is 5.42. The number of benzene rings is 1. The summed E-state index contributed by atoms with van der Waals surface area (Å²) in [4.78, 5) is 15.2. The van der Waals surface area contributed by atoms with Crippen molar-refractivity contribution in [1.29, 1.82) is 0 Å². The van der Waals surface area contributed by atoms with Crippen molar-refractivity contribution in [2.45, 2.75) is 6.42 Å². The summed E-state index contributed by atoms with van der Waals surface area (Å²) >= 11 is 0. The number of carboxylic acid groups (broad SMARTS) is 1. The molecule has 0 saturated carbocycles. The Bertz CT molecular complexity index is 456. The van der Waals surface area contributed by atoms with E-state index in [0.29, 0.717) is 6.54 Å². The maximum absolute atomic E-state index is 10.4. The first-order chi connectivity index (χ1) is 10.7. The highest BCUT2D eigenvalue weighted by atomic mass is 16.5. The van der Waals surface area contributed by atoms with Crippen molar-refractivity contribution in [3.63, 3.8) is 0 Å². The summed E-state index contributed by atoms with van der Waals surface area (Å²) < 4.78 is 5.18. The molecule has 0 unspecified atom stereocenters. The van der Waals surface area contributed by atoms with Gasteiger partial charge in [-0.15, -0.1) is 0 Å². The number of piperazine rings is 1. The van der Waals surface area contributed by atoms with E-state index in [1.165, 1.54) is 5.69 Å². The molecule has 0 atom stereocenters. The standard InChI is InChI=1S/C16H25N3O3/c1-22-15-4-2-14(3-5-15)19-12-10-18(11-13-19)9-8-17-7-6-16(20)21/h2-5,17H,6-13H2,1H3,(H,20,21). The van der Waals surface area contributed by atoms with E-state index in [4.69, 9.17) is 9.84 Å². The zero-order valence-electron chi connectivity index (χ0n) is 13.1. The van der Waals surface area contributed by atoms with Gasteiger partial charge in [0.2, 0.25) is 0 Å². The molecule has 1 aromatic carbocycles. The summed E-state index contributed by atoms with van der Waals surface area (Å²) in [6, 6.07) is 8.19. The van der Waals surface area contributed by atoms with Crippen molar-refractivity contribution in [2.75, 3.05) is 57.8 Å². The Kier molecular flexibility index (Phi) is 6.48. The first-order valence-electron chi connectivity index (χ1n) is 7.73. The quantitative estimate of drug-likeness (QED) is 0.695. The SMILES string of the molecule is COc1ccc(N2CCN(CCNCCC(=O)O)CC2)cc1. The van der Waals surface area contributed by atoms with Crippen LogP contribution in [0.15, 0.2) is 24.3 Å². The van der Waals surface area contributed by atoms with Gasteiger partial charge in [-0.1, -0.05) is 0 Å². The second-order valence-corrected chi connectivity index (χ2v) is 5.42. The van der Waals surface area contributed by atoms with Crippen LogP contribution in [0, 0.1) is 0 Å². The third kappa shape index (κ3) is 5.20. The fourth-order valence-corrected chi connectivity index (χ4v) is 2.58. The van der Waals surface area contributed by atoms with Crippen LogP contribution < -0.4 is 15.0 Å². The molecule has 0 radical (unpaired) electrons. The second kappa shape index (κ2) is 8.60. The van der Waals surface area contributed by atoms with E-state index in [1.54, 1.807) is 7.11 Å². The Morgan fingerprint density at radius 3 is 2.45 bits per heavy atom. The number of nitrogens with one attached hydrogen (secondary N) is 1. The molecule has 1 saturated heterocycles. The van der Waals surface area contributed by atoms with E-state index >= 15 is 0 Å². The summed E-state index contributed by atoms with van der Waals surface area (Å²) in [7, 11) is 1.68. The Balaban J connectivity index is 1.65. The van der Waals surface area contributed by atoms with Gasteiger partial charge < -0.3 is 20.1 Å². The van der Waals surface area contributed by atoms with Gasteiger partial charge in [-0.05, 0) is 24.3 Å². The first-order valence-corrected chi connectivity index (χ1v) is 7.73. The first kappa shape index (κ1) is 16.6. The summed E-state index contributed by atoms with van der Waals surface area (Å²) in [6.07, 6.45) is 0.186. The lowest BCUT2D eigenvalue weighted by atomic mass is 10.2. The van der Waals surface area contributed by atoms with Crippen molar-refractivity contribution in [1.82, 2.24) is 10.2 Å². The molecule has 1 heterocycles. The van der Waals surface area contributed by atoms with Crippen molar-refractivity contribution >= 4 is 11.7 Å². The molecule has 6 heteroatoms. The number of carbonyl (C=O) groups is 1. The van der Waals surface area contributed by atoms with Crippen LogP contribution in [0.4, 0.5) is 5.69 Å². The van der Waals surface area contributed by atoms with Gasteiger partial charge in [0.05, 0.1) is 13.5 Å². The summed E-state index contributed by atoms with van der Waals surface area (Å²) in [5.74, 6) is 0.135. The number of nitrogens with zero attached hydrogens (tertiary/aromatic N) is 2. The van der Waals surface area contributed by atoms with E-state index in [9.17, 15) is 4.79 Å². The fourth-order valence-electron chi connectivity index (χ4n) is 2.58. The van der Waals surface area contributed by atoms with E-state index < -0.39 is 5.97 Å². The van der Waals surface area contributed by atoms with Crippen LogP contribution in [0.3, 0.4) is 0 Å². The third-order valence-corrected chi connectivity index (χ3v) is 3.93. The van der Waals surface area contributed by atoms with Crippen LogP contribution in [0.25, 0.3) is 0 Å². The van der Waals surface area contributed by atoms with Crippen LogP contribution in [0.5, 0.6) is 5.75 Å². The average molecular weight is 307 g/mol.